The third-order valence-corrected chi connectivity index (χ3v) is 5.94. The first-order valence-corrected chi connectivity index (χ1v) is 11.0. The van der Waals surface area contributed by atoms with Crippen molar-refractivity contribution in [3.8, 4) is 0 Å². The number of hydrogen-bond donors (Lipinski definition) is 2. The highest BCUT2D eigenvalue weighted by molar-refractivity contribution is 7.92. The van der Waals surface area contributed by atoms with Gasteiger partial charge < -0.3 is 5.32 Å². The van der Waals surface area contributed by atoms with E-state index in [1.807, 2.05) is 63.2 Å². The minimum Gasteiger partial charge on any atom is -0.323 e. The molecule has 0 aromatic heterocycles. The molecule has 0 radical (unpaired) electrons. The van der Waals surface area contributed by atoms with E-state index in [1.54, 1.807) is 18.2 Å². The maximum atomic E-state index is 12.8. The standard InChI is InChI=1S/C24H24N2O3S/c1-17-15-18(2)24(19(3)16-17)26-30(28,29)22-12-10-21(11-13-22)25-23(27)14-9-20-7-5-4-6-8-20/h4-16,26H,1-3H3,(H,25,27)/b14-9+. The Morgan fingerprint density at radius 3 is 2.07 bits per heavy atom. The Morgan fingerprint density at radius 2 is 1.47 bits per heavy atom. The van der Waals surface area contributed by atoms with Gasteiger partial charge in [0, 0.05) is 11.8 Å². The molecule has 1 amide bonds. The van der Waals surface area contributed by atoms with Gasteiger partial charge in [0.2, 0.25) is 5.91 Å². The van der Waals surface area contributed by atoms with E-state index in [0.717, 1.165) is 22.3 Å². The third kappa shape index (κ3) is 5.36. The van der Waals surface area contributed by atoms with Crippen LogP contribution in [0, 0.1) is 20.8 Å². The summed E-state index contributed by atoms with van der Waals surface area (Å²) in [4.78, 5) is 12.2. The van der Waals surface area contributed by atoms with Crippen LogP contribution in [0.5, 0.6) is 0 Å². The van der Waals surface area contributed by atoms with Crippen molar-refractivity contribution >= 4 is 33.4 Å². The van der Waals surface area contributed by atoms with E-state index in [4.69, 9.17) is 0 Å². The minimum absolute atomic E-state index is 0.125. The molecule has 0 aliphatic heterocycles. The number of anilines is 2. The van der Waals surface area contributed by atoms with Crippen molar-refractivity contribution in [2.24, 2.45) is 0 Å². The van der Waals surface area contributed by atoms with Gasteiger partial charge in [-0.1, -0.05) is 48.0 Å². The average Bonchev–Trinajstić information content (AvgIpc) is 2.70. The van der Waals surface area contributed by atoms with Crippen LogP contribution in [0.4, 0.5) is 11.4 Å². The van der Waals surface area contributed by atoms with Crippen molar-refractivity contribution in [2.75, 3.05) is 10.0 Å². The number of sulfonamides is 1. The second kappa shape index (κ2) is 8.97. The van der Waals surface area contributed by atoms with Crippen LogP contribution in [0.2, 0.25) is 0 Å². The number of amides is 1. The van der Waals surface area contributed by atoms with Crippen molar-refractivity contribution < 1.29 is 13.2 Å². The van der Waals surface area contributed by atoms with E-state index < -0.39 is 10.0 Å². The normalized spacial score (nSPS) is 11.4. The molecule has 0 aliphatic rings. The Labute approximate surface area is 177 Å². The lowest BCUT2D eigenvalue weighted by molar-refractivity contribution is -0.111. The van der Waals surface area contributed by atoms with Crippen molar-refractivity contribution in [3.05, 3.63) is 95.1 Å². The van der Waals surface area contributed by atoms with Gasteiger partial charge in [0.15, 0.2) is 0 Å². The lowest BCUT2D eigenvalue weighted by Gasteiger charge is -2.14. The average molecular weight is 421 g/mol. The molecule has 0 saturated carbocycles. The van der Waals surface area contributed by atoms with Crippen molar-refractivity contribution in [1.29, 1.82) is 0 Å². The summed E-state index contributed by atoms with van der Waals surface area (Å²) in [5, 5.41) is 2.72. The fraction of sp³-hybridized carbons (Fsp3) is 0.125. The molecule has 30 heavy (non-hydrogen) atoms. The van der Waals surface area contributed by atoms with Crippen molar-refractivity contribution in [1.82, 2.24) is 0 Å². The van der Waals surface area contributed by atoms with Gasteiger partial charge in [-0.15, -0.1) is 0 Å². The van der Waals surface area contributed by atoms with Crippen LogP contribution in [0.25, 0.3) is 6.08 Å². The van der Waals surface area contributed by atoms with Crippen LogP contribution < -0.4 is 10.0 Å². The molecule has 154 valence electrons. The Morgan fingerprint density at radius 1 is 0.867 bits per heavy atom. The Hall–Kier alpha value is -3.38. The number of aryl methyl sites for hydroxylation is 3. The molecular weight excluding hydrogens is 396 g/mol. The molecule has 0 aliphatic carbocycles. The predicted octanol–water partition coefficient (Wildman–Crippen LogP) is 5.06. The van der Waals surface area contributed by atoms with Crippen LogP contribution >= 0.6 is 0 Å². The quantitative estimate of drug-likeness (QED) is 0.547. The fourth-order valence-electron chi connectivity index (χ4n) is 3.17. The number of carbonyl (C=O) groups is 1. The summed E-state index contributed by atoms with van der Waals surface area (Å²) in [6, 6.07) is 19.4. The molecule has 2 N–H and O–H groups in total. The Balaban J connectivity index is 1.70. The van der Waals surface area contributed by atoms with E-state index in [1.165, 1.54) is 18.2 Å². The molecule has 0 spiro atoms. The van der Waals surface area contributed by atoms with E-state index in [-0.39, 0.29) is 10.8 Å². The van der Waals surface area contributed by atoms with Crippen LogP contribution in [0.3, 0.4) is 0 Å². The first-order chi connectivity index (χ1) is 14.2. The van der Waals surface area contributed by atoms with E-state index in [0.29, 0.717) is 11.4 Å². The zero-order chi connectivity index (χ0) is 21.7. The number of rotatable bonds is 6. The van der Waals surface area contributed by atoms with Gasteiger partial charge in [0.25, 0.3) is 10.0 Å². The van der Waals surface area contributed by atoms with Gasteiger partial charge in [-0.3, -0.25) is 9.52 Å². The SMILES string of the molecule is Cc1cc(C)c(NS(=O)(=O)c2ccc(NC(=O)/C=C/c3ccccc3)cc2)c(C)c1. The predicted molar refractivity (Wildman–Crippen MR) is 122 cm³/mol. The van der Waals surface area contributed by atoms with Gasteiger partial charge in [-0.2, -0.15) is 0 Å². The molecule has 5 nitrogen and oxygen atoms in total. The molecule has 3 aromatic carbocycles. The molecule has 3 aromatic rings. The second-order valence-electron chi connectivity index (χ2n) is 7.14. The van der Waals surface area contributed by atoms with Gasteiger partial charge >= 0.3 is 0 Å². The minimum atomic E-state index is -3.74. The van der Waals surface area contributed by atoms with Gasteiger partial charge in [-0.25, -0.2) is 8.42 Å². The summed E-state index contributed by atoms with van der Waals surface area (Å²) in [6.45, 7) is 5.72. The molecule has 0 atom stereocenters. The maximum Gasteiger partial charge on any atom is 0.261 e. The summed E-state index contributed by atoms with van der Waals surface area (Å²) < 4.78 is 28.2. The first kappa shape index (κ1) is 21.3. The molecule has 6 heteroatoms. The number of carbonyl (C=O) groups excluding carboxylic acids is 1. The first-order valence-electron chi connectivity index (χ1n) is 9.49. The molecule has 0 fully saturated rings. The highest BCUT2D eigenvalue weighted by Crippen LogP contribution is 2.25. The highest BCUT2D eigenvalue weighted by Gasteiger charge is 2.17. The second-order valence-corrected chi connectivity index (χ2v) is 8.82. The largest absolute Gasteiger partial charge is 0.323 e. The lowest BCUT2D eigenvalue weighted by atomic mass is 10.1. The highest BCUT2D eigenvalue weighted by atomic mass is 32.2. The van der Waals surface area contributed by atoms with Crippen molar-refractivity contribution in [2.45, 2.75) is 25.7 Å². The summed E-state index contributed by atoms with van der Waals surface area (Å²) in [5.41, 5.74) is 4.83. The van der Waals surface area contributed by atoms with Crippen LogP contribution in [-0.2, 0) is 14.8 Å². The van der Waals surface area contributed by atoms with Crippen LogP contribution in [0.15, 0.2) is 77.7 Å². The molecule has 0 saturated heterocycles. The number of benzene rings is 3. The lowest BCUT2D eigenvalue weighted by Crippen LogP contribution is -2.15. The zero-order valence-electron chi connectivity index (χ0n) is 17.1. The molecule has 3 rings (SSSR count). The van der Waals surface area contributed by atoms with Crippen molar-refractivity contribution in [3.63, 3.8) is 0 Å². The number of nitrogens with one attached hydrogen (secondary N) is 2. The third-order valence-electron chi connectivity index (χ3n) is 4.57. The molecular formula is C24H24N2O3S. The van der Waals surface area contributed by atoms with Gasteiger partial charge in [0.05, 0.1) is 10.6 Å². The van der Waals surface area contributed by atoms with Crippen LogP contribution in [0.1, 0.15) is 22.3 Å². The van der Waals surface area contributed by atoms with E-state index in [2.05, 4.69) is 10.0 Å². The zero-order valence-corrected chi connectivity index (χ0v) is 18.0. The molecule has 0 unspecified atom stereocenters. The number of hydrogen-bond acceptors (Lipinski definition) is 3. The summed E-state index contributed by atoms with van der Waals surface area (Å²) in [7, 11) is -3.74. The smallest absolute Gasteiger partial charge is 0.261 e. The summed E-state index contributed by atoms with van der Waals surface area (Å²) in [5.74, 6) is -0.293. The molecule has 0 bridgehead atoms. The fourth-order valence-corrected chi connectivity index (χ4v) is 4.37. The van der Waals surface area contributed by atoms with Gasteiger partial charge in [-0.05, 0) is 67.8 Å². The monoisotopic (exact) mass is 420 g/mol. The Kier molecular flexibility index (Phi) is 6.37. The van der Waals surface area contributed by atoms with E-state index >= 15 is 0 Å². The summed E-state index contributed by atoms with van der Waals surface area (Å²) in [6.07, 6.45) is 3.15. The van der Waals surface area contributed by atoms with Gasteiger partial charge in [0.1, 0.15) is 0 Å². The van der Waals surface area contributed by atoms with Crippen LogP contribution in [-0.4, -0.2) is 14.3 Å². The maximum absolute atomic E-state index is 12.8. The Bertz CT molecular complexity index is 1160. The summed E-state index contributed by atoms with van der Waals surface area (Å²) >= 11 is 0. The van der Waals surface area contributed by atoms with E-state index in [9.17, 15) is 13.2 Å². The molecule has 0 heterocycles. The topological polar surface area (TPSA) is 75.3 Å².